The average molecular weight is 326 g/mol. The largest absolute Gasteiger partial charge is 0.357 e. The molecule has 1 aromatic rings. The number of guanidine groups is 1. The Kier molecular flexibility index (Phi) is 5.86. The molecule has 1 aliphatic rings. The van der Waals surface area contributed by atoms with Crippen LogP contribution in [-0.4, -0.2) is 42.9 Å². The Bertz CT molecular complexity index is 658. The number of benzene rings is 1. The van der Waals surface area contributed by atoms with Gasteiger partial charge in [0.1, 0.15) is 6.54 Å². The number of likely N-dealkylation sites (tertiary alicyclic amines) is 1. The Hall–Kier alpha value is -2.48. The van der Waals surface area contributed by atoms with Gasteiger partial charge in [-0.25, -0.2) is 4.99 Å². The summed E-state index contributed by atoms with van der Waals surface area (Å²) in [5.74, 6) is 3.20. The molecule has 0 atom stereocenters. The highest BCUT2D eigenvalue weighted by atomic mass is 16.1. The van der Waals surface area contributed by atoms with Gasteiger partial charge in [-0.3, -0.25) is 4.79 Å². The Balaban J connectivity index is 1.98. The van der Waals surface area contributed by atoms with Gasteiger partial charge in [-0.1, -0.05) is 25.8 Å². The van der Waals surface area contributed by atoms with Gasteiger partial charge < -0.3 is 15.5 Å². The molecule has 0 aromatic heterocycles. The van der Waals surface area contributed by atoms with Gasteiger partial charge in [0.2, 0.25) is 5.91 Å². The van der Waals surface area contributed by atoms with Crippen molar-refractivity contribution in [3.05, 3.63) is 29.8 Å². The van der Waals surface area contributed by atoms with Crippen LogP contribution in [0.4, 0.5) is 5.69 Å². The van der Waals surface area contributed by atoms with Gasteiger partial charge in [-0.2, -0.15) is 0 Å². The van der Waals surface area contributed by atoms with Crippen LogP contribution in [0.5, 0.6) is 0 Å². The van der Waals surface area contributed by atoms with E-state index in [0.717, 1.165) is 37.6 Å². The minimum atomic E-state index is -0.155. The van der Waals surface area contributed by atoms with Crippen molar-refractivity contribution in [3.8, 4) is 12.3 Å². The summed E-state index contributed by atoms with van der Waals surface area (Å²) in [6, 6.07) is 7.24. The van der Waals surface area contributed by atoms with Crippen molar-refractivity contribution in [2.24, 2.45) is 10.4 Å². The molecule has 1 aliphatic heterocycles. The Morgan fingerprint density at radius 1 is 1.46 bits per heavy atom. The van der Waals surface area contributed by atoms with Crippen LogP contribution < -0.4 is 10.6 Å². The first-order chi connectivity index (χ1) is 11.4. The molecule has 2 rings (SSSR count). The minimum absolute atomic E-state index is 0.0829. The molecule has 0 aliphatic carbocycles. The molecule has 1 heterocycles. The van der Waals surface area contributed by atoms with Crippen molar-refractivity contribution >= 4 is 17.6 Å². The molecule has 1 amide bonds. The van der Waals surface area contributed by atoms with Gasteiger partial charge in [0.25, 0.3) is 0 Å². The predicted octanol–water partition coefficient (Wildman–Crippen LogP) is 2.30. The van der Waals surface area contributed by atoms with Crippen molar-refractivity contribution in [2.75, 3.05) is 31.5 Å². The van der Waals surface area contributed by atoms with Crippen molar-refractivity contribution < 1.29 is 4.79 Å². The molecule has 1 saturated heterocycles. The number of rotatable bonds is 4. The van der Waals surface area contributed by atoms with Gasteiger partial charge in [-0.05, 0) is 37.0 Å². The zero-order chi connectivity index (χ0) is 17.6. The van der Waals surface area contributed by atoms with Crippen LogP contribution in [0.15, 0.2) is 29.3 Å². The topological polar surface area (TPSA) is 56.7 Å². The zero-order valence-electron chi connectivity index (χ0n) is 14.7. The number of amides is 1. The molecule has 0 bridgehead atoms. The first kappa shape index (κ1) is 17.9. The van der Waals surface area contributed by atoms with Gasteiger partial charge in [0.15, 0.2) is 5.96 Å². The third kappa shape index (κ3) is 5.02. The molecule has 2 N–H and O–H groups in total. The van der Waals surface area contributed by atoms with Crippen molar-refractivity contribution in [1.82, 2.24) is 10.2 Å². The number of aliphatic imine (C=N–C) groups is 1. The molecule has 5 nitrogen and oxygen atoms in total. The van der Waals surface area contributed by atoms with Crippen LogP contribution in [0, 0.1) is 17.8 Å². The maximum absolute atomic E-state index is 12.1. The van der Waals surface area contributed by atoms with E-state index in [1.54, 1.807) is 6.07 Å². The van der Waals surface area contributed by atoms with E-state index >= 15 is 0 Å². The highest BCUT2D eigenvalue weighted by molar-refractivity contribution is 5.94. The van der Waals surface area contributed by atoms with E-state index < -0.39 is 0 Å². The fraction of sp³-hybridized carbons (Fsp3) is 0.474. The Morgan fingerprint density at radius 2 is 2.25 bits per heavy atom. The molecular formula is C19H26N4O. The second kappa shape index (κ2) is 7.87. The SMILES string of the molecule is C#Cc1cccc(NC(=O)CN=C(NCC)N2CCC(C)(C)C2)c1. The van der Waals surface area contributed by atoms with Crippen LogP contribution in [0.3, 0.4) is 0 Å². The quantitative estimate of drug-likeness (QED) is 0.507. The lowest BCUT2D eigenvalue weighted by Crippen LogP contribution is -2.41. The summed E-state index contributed by atoms with van der Waals surface area (Å²) in [6.45, 7) is 9.31. The minimum Gasteiger partial charge on any atom is -0.357 e. The van der Waals surface area contributed by atoms with Crippen LogP contribution in [0.1, 0.15) is 32.8 Å². The fourth-order valence-corrected chi connectivity index (χ4v) is 2.75. The molecule has 5 heteroatoms. The number of carbonyl (C=O) groups is 1. The lowest BCUT2D eigenvalue weighted by Gasteiger charge is -2.23. The number of nitrogens with one attached hydrogen (secondary N) is 2. The van der Waals surface area contributed by atoms with E-state index in [9.17, 15) is 4.79 Å². The summed E-state index contributed by atoms with van der Waals surface area (Å²) < 4.78 is 0. The molecule has 1 fully saturated rings. The van der Waals surface area contributed by atoms with E-state index in [2.05, 4.69) is 40.3 Å². The predicted molar refractivity (Wildman–Crippen MR) is 99.0 cm³/mol. The summed E-state index contributed by atoms with van der Waals surface area (Å²) in [5, 5.41) is 6.10. The number of terminal acetylenes is 1. The fourth-order valence-electron chi connectivity index (χ4n) is 2.75. The number of hydrogen-bond donors (Lipinski definition) is 2. The van der Waals surface area contributed by atoms with E-state index in [4.69, 9.17) is 6.42 Å². The van der Waals surface area contributed by atoms with Crippen LogP contribution >= 0.6 is 0 Å². The molecule has 24 heavy (non-hydrogen) atoms. The van der Waals surface area contributed by atoms with Crippen LogP contribution in [0.2, 0.25) is 0 Å². The molecule has 1 aromatic carbocycles. The van der Waals surface area contributed by atoms with Gasteiger partial charge >= 0.3 is 0 Å². The first-order valence-corrected chi connectivity index (χ1v) is 8.33. The monoisotopic (exact) mass is 326 g/mol. The molecular weight excluding hydrogens is 300 g/mol. The standard InChI is InChI=1S/C19H26N4O/c1-5-15-8-7-9-16(12-15)22-17(24)13-21-18(20-6-2)23-11-10-19(3,4)14-23/h1,7-9,12H,6,10-11,13-14H2,2-4H3,(H,20,21)(H,22,24). The summed E-state index contributed by atoms with van der Waals surface area (Å²) in [7, 11) is 0. The smallest absolute Gasteiger partial charge is 0.246 e. The van der Waals surface area contributed by atoms with E-state index in [1.165, 1.54) is 0 Å². The van der Waals surface area contributed by atoms with Gasteiger partial charge in [0.05, 0.1) is 0 Å². The molecule has 0 unspecified atom stereocenters. The summed E-state index contributed by atoms with van der Waals surface area (Å²) in [6.07, 6.45) is 6.50. The summed E-state index contributed by atoms with van der Waals surface area (Å²) >= 11 is 0. The molecule has 0 saturated carbocycles. The molecule has 128 valence electrons. The Morgan fingerprint density at radius 3 is 2.88 bits per heavy atom. The number of carbonyl (C=O) groups excluding carboxylic acids is 1. The third-order valence-corrected chi connectivity index (χ3v) is 4.00. The van der Waals surface area contributed by atoms with E-state index in [0.29, 0.717) is 5.69 Å². The highest BCUT2D eigenvalue weighted by Gasteiger charge is 2.30. The summed E-state index contributed by atoms with van der Waals surface area (Å²) in [5.41, 5.74) is 1.72. The van der Waals surface area contributed by atoms with Gasteiger partial charge in [0, 0.05) is 30.9 Å². The lowest BCUT2D eigenvalue weighted by atomic mass is 9.93. The average Bonchev–Trinajstić information content (AvgIpc) is 2.91. The highest BCUT2D eigenvalue weighted by Crippen LogP contribution is 2.28. The molecule has 0 spiro atoms. The lowest BCUT2D eigenvalue weighted by molar-refractivity contribution is -0.114. The van der Waals surface area contributed by atoms with E-state index in [-0.39, 0.29) is 17.9 Å². The molecule has 0 radical (unpaired) electrons. The normalized spacial score (nSPS) is 16.6. The third-order valence-electron chi connectivity index (χ3n) is 4.00. The maximum Gasteiger partial charge on any atom is 0.246 e. The van der Waals surface area contributed by atoms with Crippen LogP contribution in [-0.2, 0) is 4.79 Å². The number of hydrogen-bond acceptors (Lipinski definition) is 2. The second-order valence-corrected chi connectivity index (χ2v) is 6.78. The maximum atomic E-state index is 12.1. The second-order valence-electron chi connectivity index (χ2n) is 6.78. The van der Waals surface area contributed by atoms with Crippen molar-refractivity contribution in [1.29, 1.82) is 0 Å². The zero-order valence-corrected chi connectivity index (χ0v) is 14.7. The van der Waals surface area contributed by atoms with Gasteiger partial charge in [-0.15, -0.1) is 6.42 Å². The summed E-state index contributed by atoms with van der Waals surface area (Å²) in [4.78, 5) is 18.8. The Labute approximate surface area is 144 Å². The first-order valence-electron chi connectivity index (χ1n) is 8.33. The van der Waals surface area contributed by atoms with E-state index in [1.807, 2.05) is 25.1 Å². The number of nitrogens with zero attached hydrogens (tertiary/aromatic N) is 2. The van der Waals surface area contributed by atoms with Crippen LogP contribution in [0.25, 0.3) is 0 Å². The van der Waals surface area contributed by atoms with Crippen molar-refractivity contribution in [3.63, 3.8) is 0 Å². The number of anilines is 1. The van der Waals surface area contributed by atoms with Crippen molar-refractivity contribution in [2.45, 2.75) is 27.2 Å².